The number of benzene rings is 1. The summed E-state index contributed by atoms with van der Waals surface area (Å²) in [4.78, 5) is 13.8. The first kappa shape index (κ1) is 23.6. The van der Waals surface area contributed by atoms with Gasteiger partial charge in [0, 0.05) is 31.0 Å². The lowest BCUT2D eigenvalue weighted by molar-refractivity contribution is -0.179. The zero-order valence-corrected chi connectivity index (χ0v) is 17.6. The third kappa shape index (κ3) is 5.67. The van der Waals surface area contributed by atoms with E-state index in [0.717, 1.165) is 0 Å². The van der Waals surface area contributed by atoms with Gasteiger partial charge in [0.15, 0.2) is 0 Å². The lowest BCUT2D eigenvalue weighted by Crippen LogP contribution is -2.39. The minimum absolute atomic E-state index is 0.00540. The molecule has 1 saturated heterocycles. The number of hydrogen-bond donors (Lipinski definition) is 1. The van der Waals surface area contributed by atoms with Gasteiger partial charge in [-0.2, -0.15) is 31.3 Å². The van der Waals surface area contributed by atoms with Crippen LogP contribution < -0.4 is 15.0 Å². The fourth-order valence-electron chi connectivity index (χ4n) is 3.64. The van der Waals surface area contributed by atoms with Crippen molar-refractivity contribution in [3.8, 4) is 16.9 Å². The first-order valence-electron chi connectivity index (χ1n) is 10.3. The maximum absolute atomic E-state index is 14.4. The summed E-state index contributed by atoms with van der Waals surface area (Å²) >= 11 is 0. The second-order valence-corrected chi connectivity index (χ2v) is 7.64. The molecule has 3 heterocycles. The van der Waals surface area contributed by atoms with Gasteiger partial charge in [0.25, 0.3) is 0 Å². The lowest BCUT2D eigenvalue weighted by atomic mass is 9.96. The molecular weight excluding hydrogens is 464 g/mol. The van der Waals surface area contributed by atoms with Crippen molar-refractivity contribution in [1.82, 2.24) is 15.0 Å². The number of alkyl halides is 5. The molecule has 2 aromatic heterocycles. The highest BCUT2D eigenvalue weighted by Gasteiger charge is 2.41. The molecule has 4 rings (SSSR count). The Morgan fingerprint density at radius 1 is 1.00 bits per heavy atom. The number of rotatable bonds is 6. The van der Waals surface area contributed by atoms with E-state index in [1.165, 1.54) is 48.8 Å². The predicted octanol–water partition coefficient (Wildman–Crippen LogP) is 5.80. The quantitative estimate of drug-likeness (QED) is 0.353. The maximum Gasteiger partial charge on any atom is 0.391 e. The Hall–Kier alpha value is -3.57. The van der Waals surface area contributed by atoms with Crippen LogP contribution in [0.3, 0.4) is 0 Å². The van der Waals surface area contributed by atoms with Gasteiger partial charge in [-0.1, -0.05) is 12.1 Å². The van der Waals surface area contributed by atoms with E-state index in [4.69, 9.17) is 0 Å². The van der Waals surface area contributed by atoms with Crippen molar-refractivity contribution in [2.45, 2.75) is 25.6 Å². The van der Waals surface area contributed by atoms with E-state index in [-0.39, 0.29) is 49.1 Å². The first-order valence-corrected chi connectivity index (χ1v) is 10.3. The summed E-state index contributed by atoms with van der Waals surface area (Å²) in [6.07, 6.45) is -1.60. The molecule has 3 aromatic rings. The molecule has 1 aromatic carbocycles. The highest BCUT2D eigenvalue weighted by atomic mass is 19.4. The van der Waals surface area contributed by atoms with Crippen LogP contribution >= 0.6 is 0 Å². The largest absolute Gasteiger partial charge is 0.435 e. The van der Waals surface area contributed by atoms with E-state index in [0.29, 0.717) is 11.1 Å². The molecule has 0 saturated carbocycles. The summed E-state index contributed by atoms with van der Waals surface area (Å²) in [6, 6.07) is 8.75. The van der Waals surface area contributed by atoms with Gasteiger partial charge in [-0.05, 0) is 42.7 Å². The number of ether oxygens (including phenoxy) is 1. The second kappa shape index (κ2) is 9.74. The van der Waals surface area contributed by atoms with Crippen molar-refractivity contribution in [2.24, 2.45) is 5.92 Å². The smallest absolute Gasteiger partial charge is 0.391 e. The van der Waals surface area contributed by atoms with Crippen molar-refractivity contribution >= 4 is 17.5 Å². The van der Waals surface area contributed by atoms with Crippen molar-refractivity contribution < 1.29 is 31.1 Å². The van der Waals surface area contributed by atoms with Crippen LogP contribution in [-0.2, 0) is 0 Å². The van der Waals surface area contributed by atoms with Gasteiger partial charge in [-0.25, -0.2) is 9.97 Å². The van der Waals surface area contributed by atoms with Crippen molar-refractivity contribution in [1.29, 1.82) is 0 Å². The van der Waals surface area contributed by atoms with Crippen LogP contribution in [0.1, 0.15) is 12.8 Å². The molecule has 1 aliphatic heterocycles. The van der Waals surface area contributed by atoms with Crippen LogP contribution in [0.2, 0.25) is 0 Å². The summed E-state index contributed by atoms with van der Waals surface area (Å²) in [5.74, 6) is -1.68. The van der Waals surface area contributed by atoms with Gasteiger partial charge >= 0.3 is 12.8 Å². The van der Waals surface area contributed by atoms with Crippen molar-refractivity contribution in [2.75, 3.05) is 23.3 Å². The maximum atomic E-state index is 14.4. The molecule has 6 nitrogen and oxygen atoms in total. The molecule has 0 aliphatic carbocycles. The van der Waals surface area contributed by atoms with E-state index in [9.17, 15) is 26.3 Å². The molecule has 1 fully saturated rings. The van der Waals surface area contributed by atoms with Crippen LogP contribution in [0.5, 0.6) is 5.75 Å². The molecule has 0 amide bonds. The fourth-order valence-corrected chi connectivity index (χ4v) is 3.64. The van der Waals surface area contributed by atoms with Gasteiger partial charge in [-0.3, -0.25) is 0 Å². The predicted molar refractivity (Wildman–Crippen MR) is 113 cm³/mol. The standard InChI is InChI=1S/C22H19F6N5O/c23-19-17(11-14(12-30-19)13-1-3-16(4-2-13)34-20(24)25)31-18-5-8-29-21(32-18)33-9-6-15(7-10-33)22(26,27)28/h1-5,8,11-12,15,20H,6-7,9-10H2,(H,29,31,32). The number of halogens is 6. The van der Waals surface area contributed by atoms with Crippen LogP contribution in [0.4, 0.5) is 43.8 Å². The molecule has 0 radical (unpaired) electrons. The summed E-state index contributed by atoms with van der Waals surface area (Å²) in [6.45, 7) is -2.63. The number of nitrogens with zero attached hydrogens (tertiary/aromatic N) is 4. The number of piperidine rings is 1. The Morgan fingerprint density at radius 2 is 1.71 bits per heavy atom. The van der Waals surface area contributed by atoms with E-state index in [1.807, 2.05) is 0 Å². The Labute approximate surface area is 190 Å². The Morgan fingerprint density at radius 3 is 2.35 bits per heavy atom. The van der Waals surface area contributed by atoms with Crippen LogP contribution in [0.15, 0.2) is 48.8 Å². The van der Waals surface area contributed by atoms with E-state index < -0.39 is 24.7 Å². The number of aromatic nitrogens is 3. The summed E-state index contributed by atoms with van der Waals surface area (Å²) < 4.78 is 82.0. The van der Waals surface area contributed by atoms with Gasteiger partial charge in [-0.15, -0.1) is 0 Å². The zero-order chi connectivity index (χ0) is 24.3. The van der Waals surface area contributed by atoms with Crippen LogP contribution in [-0.4, -0.2) is 40.8 Å². The summed E-state index contributed by atoms with van der Waals surface area (Å²) in [5, 5.41) is 2.81. The SMILES string of the molecule is Fc1ncc(-c2ccc(OC(F)F)cc2)cc1Nc1ccnc(N2CCC(C(F)(F)F)CC2)n1. The van der Waals surface area contributed by atoms with Gasteiger partial charge < -0.3 is 15.0 Å². The molecule has 12 heteroatoms. The Balaban J connectivity index is 1.48. The lowest BCUT2D eigenvalue weighted by Gasteiger charge is -2.32. The topological polar surface area (TPSA) is 63.2 Å². The summed E-state index contributed by atoms with van der Waals surface area (Å²) in [5.41, 5.74) is 1.11. The van der Waals surface area contributed by atoms with E-state index >= 15 is 0 Å². The van der Waals surface area contributed by atoms with E-state index in [1.54, 1.807) is 4.90 Å². The van der Waals surface area contributed by atoms with Crippen molar-refractivity contribution in [3.05, 3.63) is 54.7 Å². The van der Waals surface area contributed by atoms with Crippen molar-refractivity contribution in [3.63, 3.8) is 0 Å². The number of nitrogens with one attached hydrogen (secondary N) is 1. The Kier molecular flexibility index (Phi) is 6.75. The minimum atomic E-state index is -4.22. The molecule has 1 aliphatic rings. The zero-order valence-electron chi connectivity index (χ0n) is 17.6. The van der Waals surface area contributed by atoms with Gasteiger partial charge in [0.2, 0.25) is 11.9 Å². The fraction of sp³-hybridized carbons (Fsp3) is 0.318. The molecule has 1 N–H and O–H groups in total. The molecule has 0 unspecified atom stereocenters. The van der Waals surface area contributed by atoms with Crippen LogP contribution in [0, 0.1) is 11.9 Å². The average molecular weight is 483 g/mol. The third-order valence-corrected chi connectivity index (χ3v) is 5.40. The number of pyridine rings is 1. The second-order valence-electron chi connectivity index (χ2n) is 7.64. The monoisotopic (exact) mass is 483 g/mol. The highest BCUT2D eigenvalue weighted by molar-refractivity contribution is 5.69. The molecular formula is C22H19F6N5O. The van der Waals surface area contributed by atoms with Gasteiger partial charge in [0.05, 0.1) is 11.6 Å². The number of hydrogen-bond acceptors (Lipinski definition) is 6. The van der Waals surface area contributed by atoms with E-state index in [2.05, 4.69) is 25.0 Å². The first-order chi connectivity index (χ1) is 16.2. The normalized spacial score (nSPS) is 15.0. The third-order valence-electron chi connectivity index (χ3n) is 5.40. The van der Waals surface area contributed by atoms with Crippen LogP contribution in [0.25, 0.3) is 11.1 Å². The molecule has 0 bridgehead atoms. The molecule has 0 atom stereocenters. The molecule has 0 spiro atoms. The molecule has 34 heavy (non-hydrogen) atoms. The number of anilines is 3. The average Bonchev–Trinajstić information content (AvgIpc) is 2.80. The van der Waals surface area contributed by atoms with Gasteiger partial charge in [0.1, 0.15) is 11.6 Å². The highest BCUT2D eigenvalue weighted by Crippen LogP contribution is 2.35. The Bertz CT molecular complexity index is 1120. The summed E-state index contributed by atoms with van der Waals surface area (Å²) in [7, 11) is 0. The molecule has 180 valence electrons. The minimum Gasteiger partial charge on any atom is -0.435 e.